The molecule has 0 saturated carbocycles. The van der Waals surface area contributed by atoms with Crippen LogP contribution in [-0.4, -0.2) is 12.2 Å². The second-order valence-corrected chi connectivity index (χ2v) is 3.69. The molecule has 0 aliphatic heterocycles. The molecule has 84 valence electrons. The second kappa shape index (κ2) is 4.86. The van der Waals surface area contributed by atoms with E-state index in [1.54, 1.807) is 24.3 Å². The van der Waals surface area contributed by atoms with E-state index in [1.807, 2.05) is 0 Å². The molecule has 0 spiro atoms. The minimum Gasteiger partial charge on any atom is -0.320 e. The van der Waals surface area contributed by atoms with Gasteiger partial charge in [0.05, 0.1) is 0 Å². The molecule has 0 aliphatic rings. The van der Waals surface area contributed by atoms with Crippen LogP contribution >= 0.6 is 11.6 Å². The first-order valence-electron chi connectivity index (χ1n) is 4.47. The maximum Gasteiger partial charge on any atom is 0.403 e. The topological polar surface area (TPSA) is 26.0 Å². The number of benzene rings is 1. The van der Waals surface area contributed by atoms with Gasteiger partial charge in [-0.25, -0.2) is 0 Å². The van der Waals surface area contributed by atoms with Gasteiger partial charge in [-0.2, -0.15) is 13.2 Å². The third-order valence-corrected chi connectivity index (χ3v) is 2.47. The Balaban J connectivity index is 2.55. The Bertz CT molecular complexity index is 325. The zero-order valence-corrected chi connectivity index (χ0v) is 8.65. The monoisotopic (exact) mass is 237 g/mol. The number of hydrogen-bond donors (Lipinski definition) is 1. The zero-order valence-electron chi connectivity index (χ0n) is 7.89. The Morgan fingerprint density at radius 2 is 1.87 bits per heavy atom. The molecule has 1 atom stereocenters. The highest BCUT2D eigenvalue weighted by atomic mass is 35.5. The quantitative estimate of drug-likeness (QED) is 0.859. The predicted octanol–water partition coefficient (Wildman–Crippen LogP) is 3.16. The van der Waals surface area contributed by atoms with Crippen molar-refractivity contribution >= 4 is 11.6 Å². The van der Waals surface area contributed by atoms with Crippen molar-refractivity contribution in [1.29, 1.82) is 0 Å². The average molecular weight is 238 g/mol. The number of nitrogens with two attached hydrogens (primary N) is 1. The molecule has 0 fully saturated rings. The van der Waals surface area contributed by atoms with Crippen LogP contribution in [0.2, 0.25) is 5.02 Å². The van der Waals surface area contributed by atoms with Gasteiger partial charge >= 0.3 is 6.18 Å². The maximum atomic E-state index is 12.1. The van der Waals surface area contributed by atoms with Crippen LogP contribution in [-0.2, 0) is 6.42 Å². The lowest BCUT2D eigenvalue weighted by Gasteiger charge is -2.15. The Hall–Kier alpha value is -0.740. The minimum atomic E-state index is -4.33. The lowest BCUT2D eigenvalue weighted by Crippen LogP contribution is -2.37. The molecule has 1 aromatic carbocycles. The molecule has 0 saturated heterocycles. The summed E-state index contributed by atoms with van der Waals surface area (Å²) in [7, 11) is 0. The number of hydrogen-bond acceptors (Lipinski definition) is 1. The van der Waals surface area contributed by atoms with Crippen molar-refractivity contribution in [2.75, 3.05) is 0 Å². The van der Waals surface area contributed by atoms with E-state index in [2.05, 4.69) is 0 Å². The molecule has 0 bridgehead atoms. The minimum absolute atomic E-state index is 0.146. The summed E-state index contributed by atoms with van der Waals surface area (Å²) in [5, 5.41) is 0.479. The number of alkyl halides is 3. The van der Waals surface area contributed by atoms with E-state index in [-0.39, 0.29) is 12.8 Å². The highest BCUT2D eigenvalue weighted by Gasteiger charge is 2.36. The number of rotatable bonds is 3. The van der Waals surface area contributed by atoms with Gasteiger partial charge in [0.1, 0.15) is 6.04 Å². The molecule has 5 heteroatoms. The lowest BCUT2D eigenvalue weighted by molar-refractivity contribution is -0.148. The summed E-state index contributed by atoms with van der Waals surface area (Å²) >= 11 is 5.80. The van der Waals surface area contributed by atoms with Gasteiger partial charge in [0.25, 0.3) is 0 Å². The standard InChI is InChI=1S/C10H11ClF3N/c11-8-4-2-1-3-7(8)5-6-9(15)10(12,13)14/h1-4,9H,5-6,15H2/t9-/m0/s1. The van der Waals surface area contributed by atoms with Crippen molar-refractivity contribution in [3.8, 4) is 0 Å². The zero-order chi connectivity index (χ0) is 11.5. The molecule has 0 aromatic heterocycles. The van der Waals surface area contributed by atoms with Crippen LogP contribution in [0.3, 0.4) is 0 Å². The van der Waals surface area contributed by atoms with Crippen LogP contribution in [0.15, 0.2) is 24.3 Å². The van der Waals surface area contributed by atoms with Crippen LogP contribution in [0.5, 0.6) is 0 Å². The van der Waals surface area contributed by atoms with Gasteiger partial charge in [0, 0.05) is 5.02 Å². The summed E-state index contributed by atoms with van der Waals surface area (Å²) in [4.78, 5) is 0. The third-order valence-electron chi connectivity index (χ3n) is 2.10. The molecular weight excluding hydrogens is 227 g/mol. The highest BCUT2D eigenvalue weighted by molar-refractivity contribution is 6.31. The normalized spacial score (nSPS) is 13.9. The van der Waals surface area contributed by atoms with Gasteiger partial charge in [-0.3, -0.25) is 0 Å². The van der Waals surface area contributed by atoms with E-state index in [1.165, 1.54) is 0 Å². The number of aryl methyl sites for hydroxylation is 1. The van der Waals surface area contributed by atoms with Crippen molar-refractivity contribution < 1.29 is 13.2 Å². The largest absolute Gasteiger partial charge is 0.403 e. The molecule has 1 aromatic rings. The average Bonchev–Trinajstić information content (AvgIpc) is 2.14. The summed E-state index contributed by atoms with van der Waals surface area (Å²) in [6.45, 7) is 0. The molecule has 0 amide bonds. The summed E-state index contributed by atoms with van der Waals surface area (Å²) in [5.74, 6) is 0. The Morgan fingerprint density at radius 1 is 1.27 bits per heavy atom. The first-order valence-corrected chi connectivity index (χ1v) is 4.85. The second-order valence-electron chi connectivity index (χ2n) is 3.28. The van der Waals surface area contributed by atoms with Crippen molar-refractivity contribution in [3.63, 3.8) is 0 Å². The van der Waals surface area contributed by atoms with Gasteiger partial charge in [-0.1, -0.05) is 29.8 Å². The summed E-state index contributed by atoms with van der Waals surface area (Å²) < 4.78 is 36.3. The molecule has 2 N–H and O–H groups in total. The van der Waals surface area contributed by atoms with E-state index in [0.717, 1.165) is 0 Å². The summed E-state index contributed by atoms with van der Waals surface area (Å²) in [6.07, 6.45) is -4.24. The van der Waals surface area contributed by atoms with Crippen LogP contribution in [0.1, 0.15) is 12.0 Å². The smallest absolute Gasteiger partial charge is 0.320 e. The van der Waals surface area contributed by atoms with E-state index in [0.29, 0.717) is 10.6 Å². The Kier molecular flexibility index (Phi) is 3.99. The van der Waals surface area contributed by atoms with E-state index >= 15 is 0 Å². The van der Waals surface area contributed by atoms with Gasteiger partial charge < -0.3 is 5.73 Å². The molecule has 0 heterocycles. The molecule has 15 heavy (non-hydrogen) atoms. The van der Waals surface area contributed by atoms with Crippen LogP contribution in [0, 0.1) is 0 Å². The SMILES string of the molecule is N[C@@H](CCc1ccccc1Cl)C(F)(F)F. The lowest BCUT2D eigenvalue weighted by atomic mass is 10.1. The van der Waals surface area contributed by atoms with Crippen molar-refractivity contribution in [1.82, 2.24) is 0 Å². The Morgan fingerprint density at radius 3 is 2.40 bits per heavy atom. The van der Waals surface area contributed by atoms with Gasteiger partial charge in [-0.15, -0.1) is 0 Å². The molecule has 1 nitrogen and oxygen atoms in total. The first-order chi connectivity index (χ1) is 6.91. The summed E-state index contributed by atoms with van der Waals surface area (Å²) in [5.41, 5.74) is 5.67. The van der Waals surface area contributed by atoms with Crippen LogP contribution in [0.25, 0.3) is 0 Å². The molecule has 0 unspecified atom stereocenters. The van der Waals surface area contributed by atoms with E-state index in [9.17, 15) is 13.2 Å². The van der Waals surface area contributed by atoms with E-state index < -0.39 is 12.2 Å². The van der Waals surface area contributed by atoms with Crippen molar-refractivity contribution in [2.24, 2.45) is 5.73 Å². The highest BCUT2D eigenvalue weighted by Crippen LogP contribution is 2.23. The third kappa shape index (κ3) is 3.72. The fourth-order valence-corrected chi connectivity index (χ4v) is 1.41. The van der Waals surface area contributed by atoms with Crippen molar-refractivity contribution in [2.45, 2.75) is 25.1 Å². The predicted molar refractivity (Wildman–Crippen MR) is 53.8 cm³/mol. The van der Waals surface area contributed by atoms with Crippen molar-refractivity contribution in [3.05, 3.63) is 34.9 Å². The van der Waals surface area contributed by atoms with Crippen LogP contribution in [0.4, 0.5) is 13.2 Å². The van der Waals surface area contributed by atoms with E-state index in [4.69, 9.17) is 17.3 Å². The van der Waals surface area contributed by atoms with Gasteiger partial charge in [0.15, 0.2) is 0 Å². The van der Waals surface area contributed by atoms with Gasteiger partial charge in [-0.05, 0) is 24.5 Å². The fraction of sp³-hybridized carbons (Fsp3) is 0.400. The molecule has 0 radical (unpaired) electrons. The molecule has 0 aliphatic carbocycles. The first kappa shape index (κ1) is 12.3. The van der Waals surface area contributed by atoms with Crippen LogP contribution < -0.4 is 5.73 Å². The fourth-order valence-electron chi connectivity index (χ4n) is 1.18. The molecular formula is C10H11ClF3N. The molecule has 1 rings (SSSR count). The van der Waals surface area contributed by atoms with Gasteiger partial charge in [0.2, 0.25) is 0 Å². The maximum absolute atomic E-state index is 12.1. The number of halogens is 4. The summed E-state index contributed by atoms with van der Waals surface area (Å²) in [6, 6.07) is 5.03. The Labute approximate surface area is 91.0 Å².